The van der Waals surface area contributed by atoms with Crippen molar-refractivity contribution in [2.45, 2.75) is 77.2 Å². The molecule has 3 atom stereocenters. The van der Waals surface area contributed by atoms with Crippen molar-refractivity contribution in [1.82, 2.24) is 5.32 Å². The van der Waals surface area contributed by atoms with Gasteiger partial charge in [0.15, 0.2) is 0 Å². The molecule has 0 heterocycles. The number of carbonyl (C=O) groups is 1. The Balaban J connectivity index is 2.80. The van der Waals surface area contributed by atoms with Crippen molar-refractivity contribution >= 4 is 6.09 Å². The molecule has 3 unspecified atom stereocenters. The predicted octanol–water partition coefficient (Wildman–Crippen LogP) is 3.00. The van der Waals surface area contributed by atoms with Crippen LogP contribution in [-0.2, 0) is 11.2 Å². The number of carbonyl (C=O) groups excluding carboxylic acids is 1. The molecule has 0 saturated carbocycles. The fourth-order valence-corrected chi connectivity index (χ4v) is 2.49. The van der Waals surface area contributed by atoms with Crippen LogP contribution in [0.25, 0.3) is 0 Å². The smallest absolute Gasteiger partial charge is 0.407 e. The molecule has 0 bridgehead atoms. The number of hydrogen-bond donors (Lipinski definition) is 3. The molecule has 5 heteroatoms. The summed E-state index contributed by atoms with van der Waals surface area (Å²) in [5.41, 5.74) is 6.56. The molecule has 0 fully saturated rings. The van der Waals surface area contributed by atoms with Gasteiger partial charge in [0.1, 0.15) is 5.60 Å². The Kier molecular flexibility index (Phi) is 8.22. The van der Waals surface area contributed by atoms with Gasteiger partial charge in [0.2, 0.25) is 0 Å². The third-order valence-corrected chi connectivity index (χ3v) is 3.74. The number of unbranched alkanes of at least 4 members (excludes halogenated alkanes) is 1. The van der Waals surface area contributed by atoms with Crippen molar-refractivity contribution in [1.29, 1.82) is 0 Å². The second kappa shape index (κ2) is 9.64. The van der Waals surface area contributed by atoms with Crippen LogP contribution in [0, 0.1) is 0 Å². The quantitative estimate of drug-likeness (QED) is 0.681. The Labute approximate surface area is 145 Å². The summed E-state index contributed by atoms with van der Waals surface area (Å²) in [6.45, 7) is 7.51. The standard InChI is InChI=1S/C19H32N2O3/c1-5-6-12-15(20)17(22)16(13-14-10-8-7-9-11-14)21-18(23)24-19(2,3)4/h7-11,15-17,22H,5-6,12-13,20H2,1-4H3,(H,21,23). The first-order valence-corrected chi connectivity index (χ1v) is 8.70. The molecule has 0 aliphatic rings. The molecule has 0 radical (unpaired) electrons. The van der Waals surface area contributed by atoms with E-state index >= 15 is 0 Å². The second-order valence-corrected chi connectivity index (χ2v) is 7.24. The molecule has 5 nitrogen and oxygen atoms in total. The van der Waals surface area contributed by atoms with Crippen LogP contribution in [0.15, 0.2) is 30.3 Å². The van der Waals surface area contributed by atoms with Crippen LogP contribution in [0.2, 0.25) is 0 Å². The van der Waals surface area contributed by atoms with Crippen molar-refractivity contribution in [2.75, 3.05) is 0 Å². The van der Waals surface area contributed by atoms with E-state index in [9.17, 15) is 9.90 Å². The zero-order valence-electron chi connectivity index (χ0n) is 15.3. The van der Waals surface area contributed by atoms with E-state index in [1.54, 1.807) is 0 Å². The fourth-order valence-electron chi connectivity index (χ4n) is 2.49. The Morgan fingerprint density at radius 2 is 1.92 bits per heavy atom. The van der Waals surface area contributed by atoms with Gasteiger partial charge in [-0.25, -0.2) is 4.79 Å². The summed E-state index contributed by atoms with van der Waals surface area (Å²) in [5, 5.41) is 13.4. The van der Waals surface area contributed by atoms with Crippen LogP contribution in [0.1, 0.15) is 52.5 Å². The Morgan fingerprint density at radius 3 is 2.46 bits per heavy atom. The molecular weight excluding hydrogens is 304 g/mol. The summed E-state index contributed by atoms with van der Waals surface area (Å²) in [5.74, 6) is 0. The molecule has 24 heavy (non-hydrogen) atoms. The largest absolute Gasteiger partial charge is 0.444 e. The van der Waals surface area contributed by atoms with Crippen LogP contribution in [0.3, 0.4) is 0 Å². The lowest BCUT2D eigenvalue weighted by Crippen LogP contribution is -2.53. The molecule has 1 aromatic carbocycles. The normalized spacial score (nSPS) is 15.4. The van der Waals surface area contributed by atoms with Crippen LogP contribution < -0.4 is 11.1 Å². The van der Waals surface area contributed by atoms with Crippen molar-refractivity contribution < 1.29 is 14.6 Å². The molecule has 4 N–H and O–H groups in total. The summed E-state index contributed by atoms with van der Waals surface area (Å²) in [6, 6.07) is 8.86. The van der Waals surface area contributed by atoms with E-state index in [-0.39, 0.29) is 6.04 Å². The predicted molar refractivity (Wildman–Crippen MR) is 96.8 cm³/mol. The molecule has 0 saturated heterocycles. The van der Waals surface area contributed by atoms with Crippen LogP contribution >= 0.6 is 0 Å². The number of hydrogen-bond acceptors (Lipinski definition) is 4. The van der Waals surface area contributed by atoms with E-state index in [0.717, 1.165) is 24.8 Å². The lowest BCUT2D eigenvalue weighted by Gasteiger charge is -2.30. The first-order chi connectivity index (χ1) is 11.2. The van der Waals surface area contributed by atoms with Crippen molar-refractivity contribution in [3.05, 3.63) is 35.9 Å². The number of alkyl carbamates (subject to hydrolysis) is 1. The maximum absolute atomic E-state index is 12.1. The number of amides is 1. The van der Waals surface area contributed by atoms with Crippen LogP contribution in [0.5, 0.6) is 0 Å². The highest BCUT2D eigenvalue weighted by atomic mass is 16.6. The SMILES string of the molecule is CCCCC(N)C(O)C(Cc1ccccc1)NC(=O)OC(C)(C)C. The van der Waals surface area contributed by atoms with Gasteiger partial charge in [0.05, 0.1) is 12.1 Å². The van der Waals surface area contributed by atoms with E-state index in [1.807, 2.05) is 51.1 Å². The monoisotopic (exact) mass is 336 g/mol. The van der Waals surface area contributed by atoms with Gasteiger partial charge in [-0.15, -0.1) is 0 Å². The average Bonchev–Trinajstić information content (AvgIpc) is 2.50. The van der Waals surface area contributed by atoms with E-state index in [1.165, 1.54) is 0 Å². The van der Waals surface area contributed by atoms with E-state index in [4.69, 9.17) is 10.5 Å². The lowest BCUT2D eigenvalue weighted by molar-refractivity contribution is 0.0387. The Morgan fingerprint density at radius 1 is 1.29 bits per heavy atom. The summed E-state index contributed by atoms with van der Waals surface area (Å²) >= 11 is 0. The first kappa shape index (κ1) is 20.5. The van der Waals surface area contributed by atoms with Gasteiger partial charge < -0.3 is 20.9 Å². The number of aliphatic hydroxyl groups is 1. The molecule has 0 spiro atoms. The van der Waals surface area contributed by atoms with Crippen molar-refractivity contribution in [3.8, 4) is 0 Å². The molecule has 1 rings (SSSR count). The van der Waals surface area contributed by atoms with Gasteiger partial charge in [0.25, 0.3) is 0 Å². The minimum Gasteiger partial charge on any atom is -0.444 e. The van der Waals surface area contributed by atoms with Gasteiger partial charge in [-0.3, -0.25) is 0 Å². The first-order valence-electron chi connectivity index (χ1n) is 8.70. The minimum absolute atomic E-state index is 0.381. The number of benzene rings is 1. The third kappa shape index (κ3) is 7.79. The molecule has 1 aromatic rings. The molecular formula is C19H32N2O3. The van der Waals surface area contributed by atoms with Gasteiger partial charge in [-0.2, -0.15) is 0 Å². The fraction of sp³-hybridized carbons (Fsp3) is 0.632. The van der Waals surface area contributed by atoms with Crippen molar-refractivity contribution in [2.24, 2.45) is 5.73 Å². The van der Waals surface area contributed by atoms with Gasteiger partial charge in [-0.05, 0) is 39.2 Å². The summed E-state index contributed by atoms with van der Waals surface area (Å²) in [4.78, 5) is 12.1. The summed E-state index contributed by atoms with van der Waals surface area (Å²) < 4.78 is 5.31. The zero-order chi connectivity index (χ0) is 18.2. The number of nitrogens with two attached hydrogens (primary N) is 1. The Hall–Kier alpha value is -1.59. The number of rotatable bonds is 8. The zero-order valence-corrected chi connectivity index (χ0v) is 15.3. The van der Waals surface area contributed by atoms with Crippen LogP contribution in [0.4, 0.5) is 4.79 Å². The molecule has 1 amide bonds. The minimum atomic E-state index is -0.829. The molecule has 136 valence electrons. The Bertz CT molecular complexity index is 485. The van der Waals surface area contributed by atoms with E-state index in [0.29, 0.717) is 6.42 Å². The number of nitrogens with one attached hydrogen (secondary N) is 1. The summed E-state index contributed by atoms with van der Waals surface area (Å²) in [6.07, 6.45) is 1.82. The molecule has 0 aromatic heterocycles. The highest BCUT2D eigenvalue weighted by molar-refractivity contribution is 5.68. The van der Waals surface area contributed by atoms with Gasteiger partial charge in [0, 0.05) is 6.04 Å². The second-order valence-electron chi connectivity index (χ2n) is 7.24. The maximum atomic E-state index is 12.1. The molecule has 0 aliphatic heterocycles. The highest BCUT2D eigenvalue weighted by Crippen LogP contribution is 2.13. The highest BCUT2D eigenvalue weighted by Gasteiger charge is 2.28. The lowest BCUT2D eigenvalue weighted by atomic mass is 9.94. The van der Waals surface area contributed by atoms with Gasteiger partial charge in [-0.1, -0.05) is 50.1 Å². The number of aliphatic hydroxyl groups excluding tert-OH is 1. The maximum Gasteiger partial charge on any atom is 0.407 e. The molecule has 0 aliphatic carbocycles. The topological polar surface area (TPSA) is 84.6 Å². The van der Waals surface area contributed by atoms with E-state index in [2.05, 4.69) is 12.2 Å². The van der Waals surface area contributed by atoms with Crippen molar-refractivity contribution in [3.63, 3.8) is 0 Å². The third-order valence-electron chi connectivity index (χ3n) is 3.74. The summed E-state index contributed by atoms with van der Waals surface area (Å²) in [7, 11) is 0. The van der Waals surface area contributed by atoms with E-state index < -0.39 is 23.8 Å². The number of ether oxygens (including phenoxy) is 1. The van der Waals surface area contributed by atoms with Crippen LogP contribution in [-0.4, -0.2) is 35.0 Å². The van der Waals surface area contributed by atoms with Gasteiger partial charge >= 0.3 is 6.09 Å². The average molecular weight is 336 g/mol.